The summed E-state index contributed by atoms with van der Waals surface area (Å²) in [6, 6.07) is 0. The second-order valence-corrected chi connectivity index (χ2v) is 6.57. The standard InChI is InChI=1S/C15H27NO2/c16-12-15(8-3-4-9-15)18-13-5-10-17-14(11-13)6-1-2-7-14/h13H,1-12,16H2. The van der Waals surface area contributed by atoms with Crippen molar-refractivity contribution in [1.82, 2.24) is 0 Å². The Labute approximate surface area is 110 Å². The van der Waals surface area contributed by atoms with E-state index in [1.807, 2.05) is 0 Å². The Kier molecular flexibility index (Phi) is 3.65. The monoisotopic (exact) mass is 253 g/mol. The van der Waals surface area contributed by atoms with E-state index in [4.69, 9.17) is 15.2 Å². The van der Waals surface area contributed by atoms with Crippen LogP contribution in [-0.4, -0.2) is 30.5 Å². The van der Waals surface area contributed by atoms with Gasteiger partial charge < -0.3 is 15.2 Å². The van der Waals surface area contributed by atoms with Crippen molar-refractivity contribution in [3.05, 3.63) is 0 Å². The Morgan fingerprint density at radius 1 is 1.06 bits per heavy atom. The van der Waals surface area contributed by atoms with E-state index in [1.54, 1.807) is 0 Å². The summed E-state index contributed by atoms with van der Waals surface area (Å²) in [4.78, 5) is 0. The van der Waals surface area contributed by atoms with Crippen molar-refractivity contribution in [2.24, 2.45) is 5.73 Å². The van der Waals surface area contributed by atoms with Gasteiger partial charge in [0.2, 0.25) is 0 Å². The van der Waals surface area contributed by atoms with Crippen molar-refractivity contribution in [2.45, 2.75) is 81.5 Å². The van der Waals surface area contributed by atoms with Crippen molar-refractivity contribution in [2.75, 3.05) is 13.2 Å². The quantitative estimate of drug-likeness (QED) is 0.841. The molecule has 2 N–H and O–H groups in total. The molecule has 0 radical (unpaired) electrons. The lowest BCUT2D eigenvalue weighted by molar-refractivity contribution is -0.169. The van der Waals surface area contributed by atoms with Crippen LogP contribution in [0.3, 0.4) is 0 Å². The summed E-state index contributed by atoms with van der Waals surface area (Å²) in [5.41, 5.74) is 6.14. The Bertz CT molecular complexity index is 280. The maximum Gasteiger partial charge on any atom is 0.0807 e. The second kappa shape index (κ2) is 5.10. The molecule has 1 unspecified atom stereocenters. The van der Waals surface area contributed by atoms with Crippen LogP contribution in [0.1, 0.15) is 64.2 Å². The fourth-order valence-electron chi connectivity index (χ4n) is 4.19. The van der Waals surface area contributed by atoms with Crippen LogP contribution in [0, 0.1) is 0 Å². The molecule has 1 heterocycles. The summed E-state index contributed by atoms with van der Waals surface area (Å²) >= 11 is 0. The fourth-order valence-corrected chi connectivity index (χ4v) is 4.19. The molecule has 3 fully saturated rings. The summed E-state index contributed by atoms with van der Waals surface area (Å²) in [5, 5.41) is 0. The van der Waals surface area contributed by atoms with Gasteiger partial charge in [0.05, 0.1) is 17.3 Å². The van der Waals surface area contributed by atoms with Crippen molar-refractivity contribution >= 4 is 0 Å². The van der Waals surface area contributed by atoms with Crippen LogP contribution in [0.15, 0.2) is 0 Å². The van der Waals surface area contributed by atoms with Gasteiger partial charge in [-0.15, -0.1) is 0 Å². The summed E-state index contributed by atoms with van der Waals surface area (Å²) in [6.45, 7) is 1.57. The van der Waals surface area contributed by atoms with Gasteiger partial charge >= 0.3 is 0 Å². The molecule has 1 spiro atoms. The van der Waals surface area contributed by atoms with Gasteiger partial charge in [-0.3, -0.25) is 0 Å². The van der Waals surface area contributed by atoms with Crippen molar-refractivity contribution in [3.8, 4) is 0 Å². The molecule has 1 aliphatic heterocycles. The average Bonchev–Trinajstić information content (AvgIpc) is 3.01. The van der Waals surface area contributed by atoms with Gasteiger partial charge in [0.25, 0.3) is 0 Å². The molecule has 3 nitrogen and oxygen atoms in total. The third kappa shape index (κ3) is 2.45. The van der Waals surface area contributed by atoms with Gasteiger partial charge in [-0.05, 0) is 32.1 Å². The highest BCUT2D eigenvalue weighted by atomic mass is 16.5. The van der Waals surface area contributed by atoms with Crippen LogP contribution >= 0.6 is 0 Å². The van der Waals surface area contributed by atoms with Crippen molar-refractivity contribution in [1.29, 1.82) is 0 Å². The molecular formula is C15H27NO2. The fraction of sp³-hybridized carbons (Fsp3) is 1.00. The maximum atomic E-state index is 6.47. The van der Waals surface area contributed by atoms with E-state index < -0.39 is 0 Å². The zero-order valence-electron chi connectivity index (χ0n) is 11.5. The van der Waals surface area contributed by atoms with Gasteiger partial charge in [0, 0.05) is 19.6 Å². The minimum absolute atomic E-state index is 0.00179. The van der Waals surface area contributed by atoms with E-state index in [1.165, 1.54) is 38.5 Å². The minimum Gasteiger partial charge on any atom is -0.375 e. The summed E-state index contributed by atoms with van der Waals surface area (Å²) in [6.07, 6.45) is 12.6. The van der Waals surface area contributed by atoms with Crippen LogP contribution in [0.2, 0.25) is 0 Å². The normalized spacial score (nSPS) is 34.2. The lowest BCUT2D eigenvalue weighted by Gasteiger charge is -2.42. The average molecular weight is 253 g/mol. The van der Waals surface area contributed by atoms with E-state index in [9.17, 15) is 0 Å². The van der Waals surface area contributed by atoms with E-state index in [0.717, 1.165) is 32.3 Å². The molecule has 3 rings (SSSR count). The Balaban J connectivity index is 1.62. The summed E-state index contributed by atoms with van der Waals surface area (Å²) < 4.78 is 12.5. The highest BCUT2D eigenvalue weighted by Gasteiger charge is 2.43. The molecule has 3 heteroatoms. The first-order valence-corrected chi connectivity index (χ1v) is 7.78. The molecule has 3 aliphatic rings. The molecule has 18 heavy (non-hydrogen) atoms. The second-order valence-electron chi connectivity index (χ2n) is 6.57. The first kappa shape index (κ1) is 12.9. The van der Waals surface area contributed by atoms with E-state index >= 15 is 0 Å². The molecule has 1 saturated heterocycles. The number of nitrogens with two attached hydrogens (primary N) is 1. The molecule has 104 valence electrons. The van der Waals surface area contributed by atoms with Gasteiger partial charge in [-0.1, -0.05) is 25.7 Å². The van der Waals surface area contributed by atoms with E-state index in [-0.39, 0.29) is 11.2 Å². The van der Waals surface area contributed by atoms with Crippen molar-refractivity contribution < 1.29 is 9.47 Å². The third-order valence-corrected chi connectivity index (χ3v) is 5.27. The van der Waals surface area contributed by atoms with Gasteiger partial charge in [0.15, 0.2) is 0 Å². The SMILES string of the molecule is NCC1(OC2CCOC3(CCCC3)C2)CCCC1. The molecule has 2 saturated carbocycles. The number of hydrogen-bond acceptors (Lipinski definition) is 3. The molecule has 1 atom stereocenters. The molecule has 0 aromatic heterocycles. The number of rotatable bonds is 3. The lowest BCUT2D eigenvalue weighted by Crippen LogP contribution is -2.47. The van der Waals surface area contributed by atoms with Crippen LogP contribution in [-0.2, 0) is 9.47 Å². The molecule has 2 aliphatic carbocycles. The Morgan fingerprint density at radius 2 is 1.72 bits per heavy atom. The van der Waals surface area contributed by atoms with Crippen LogP contribution in [0.4, 0.5) is 0 Å². The largest absolute Gasteiger partial charge is 0.375 e. The predicted octanol–water partition coefficient (Wildman–Crippen LogP) is 2.77. The smallest absolute Gasteiger partial charge is 0.0807 e. The molecular weight excluding hydrogens is 226 g/mol. The van der Waals surface area contributed by atoms with E-state index in [2.05, 4.69) is 0 Å². The zero-order valence-corrected chi connectivity index (χ0v) is 11.5. The molecule has 0 amide bonds. The van der Waals surface area contributed by atoms with Crippen LogP contribution in [0.5, 0.6) is 0 Å². The van der Waals surface area contributed by atoms with Gasteiger partial charge in [0.1, 0.15) is 0 Å². The summed E-state index contributed by atoms with van der Waals surface area (Å²) in [5.74, 6) is 0. The first-order valence-electron chi connectivity index (χ1n) is 7.78. The molecule has 0 aromatic rings. The summed E-state index contributed by atoms with van der Waals surface area (Å²) in [7, 11) is 0. The predicted molar refractivity (Wildman–Crippen MR) is 71.5 cm³/mol. The Morgan fingerprint density at radius 3 is 2.39 bits per heavy atom. The highest BCUT2D eigenvalue weighted by Crippen LogP contribution is 2.43. The first-order chi connectivity index (χ1) is 8.76. The Hall–Kier alpha value is -0.120. The van der Waals surface area contributed by atoms with Crippen molar-refractivity contribution in [3.63, 3.8) is 0 Å². The van der Waals surface area contributed by atoms with Gasteiger partial charge in [-0.25, -0.2) is 0 Å². The van der Waals surface area contributed by atoms with Crippen LogP contribution < -0.4 is 5.73 Å². The minimum atomic E-state index is 0.00179. The zero-order chi connectivity index (χ0) is 12.5. The molecule has 0 aromatic carbocycles. The number of ether oxygens (including phenoxy) is 2. The highest BCUT2D eigenvalue weighted by molar-refractivity contribution is 4.94. The lowest BCUT2D eigenvalue weighted by atomic mass is 9.89. The topological polar surface area (TPSA) is 44.5 Å². The maximum absolute atomic E-state index is 6.47. The van der Waals surface area contributed by atoms with Crippen LogP contribution in [0.25, 0.3) is 0 Å². The third-order valence-electron chi connectivity index (χ3n) is 5.27. The van der Waals surface area contributed by atoms with E-state index in [0.29, 0.717) is 12.6 Å². The number of hydrogen-bond donors (Lipinski definition) is 1. The van der Waals surface area contributed by atoms with Gasteiger partial charge in [-0.2, -0.15) is 0 Å². The molecule has 0 bridgehead atoms.